The lowest BCUT2D eigenvalue weighted by Crippen LogP contribution is -2.41. The molecule has 2 nitrogen and oxygen atoms in total. The van der Waals surface area contributed by atoms with Gasteiger partial charge in [-0.25, -0.2) is 0 Å². The Balaban J connectivity index is 1.94. The summed E-state index contributed by atoms with van der Waals surface area (Å²) in [6.45, 7) is 6.94. The molecule has 0 saturated heterocycles. The Morgan fingerprint density at radius 1 is 1.09 bits per heavy atom. The van der Waals surface area contributed by atoms with E-state index in [-0.39, 0.29) is 11.5 Å². The lowest BCUT2D eigenvalue weighted by atomic mass is 9.64. The molecule has 1 saturated carbocycles. The first kappa shape index (κ1) is 16.9. The maximum atomic E-state index is 9.31. The molecule has 1 aliphatic carbocycles. The van der Waals surface area contributed by atoms with E-state index in [9.17, 15) is 4.89 Å². The third-order valence-electron chi connectivity index (χ3n) is 5.68. The fourth-order valence-corrected chi connectivity index (χ4v) is 4.55. The predicted molar refractivity (Wildman–Crippen MR) is 98.9 cm³/mol. The highest BCUT2D eigenvalue weighted by molar-refractivity contribution is 7.25. The van der Waals surface area contributed by atoms with E-state index in [4.69, 9.17) is 4.52 Å². The van der Waals surface area contributed by atoms with Crippen LogP contribution in [0.25, 0.3) is 10.8 Å². The van der Waals surface area contributed by atoms with E-state index in [1.54, 1.807) is 0 Å². The van der Waals surface area contributed by atoms with Crippen LogP contribution in [0.15, 0.2) is 42.5 Å². The molecule has 3 rings (SSSR count). The summed E-state index contributed by atoms with van der Waals surface area (Å²) in [5, 5.41) is 2.58. The topological polar surface area (TPSA) is 29.5 Å². The van der Waals surface area contributed by atoms with Crippen LogP contribution in [0.2, 0.25) is 0 Å². The van der Waals surface area contributed by atoms with E-state index < -0.39 is 9.03 Å². The minimum Gasteiger partial charge on any atom is -0.352 e. The summed E-state index contributed by atoms with van der Waals surface area (Å²) in [6, 6.07) is 15.3. The number of hydrogen-bond donors (Lipinski definition) is 1. The smallest absolute Gasteiger partial charge is 0.152 e. The second-order valence-electron chi connectivity index (χ2n) is 7.56. The van der Waals surface area contributed by atoms with Crippen LogP contribution in [0.3, 0.4) is 0 Å². The van der Waals surface area contributed by atoms with Crippen LogP contribution in [0.5, 0.6) is 0 Å². The summed E-state index contributed by atoms with van der Waals surface area (Å²) in [5.74, 6) is 1.12. The fraction of sp³-hybridized carbons (Fsp3) is 0.500. The van der Waals surface area contributed by atoms with Crippen LogP contribution < -0.4 is 0 Å². The first-order chi connectivity index (χ1) is 11.0. The molecule has 23 heavy (non-hydrogen) atoms. The van der Waals surface area contributed by atoms with Crippen LogP contribution in [0.1, 0.15) is 45.6 Å². The quantitative estimate of drug-likeness (QED) is 0.756. The summed E-state index contributed by atoms with van der Waals surface area (Å²) in [4.78, 5) is 9.31. The van der Waals surface area contributed by atoms with Crippen molar-refractivity contribution >= 4 is 19.8 Å². The van der Waals surface area contributed by atoms with Crippen LogP contribution in [0, 0.1) is 11.8 Å². The van der Waals surface area contributed by atoms with Crippen molar-refractivity contribution in [1.29, 1.82) is 0 Å². The molecule has 2 aromatic carbocycles. The standard InChI is InChI=1S/C20H27O2P/c1-14-8-11-18(19(12-14)22-23-21)20(2,3)17-10-9-15-6-4-5-7-16(15)13-17/h4-7,9-10,13-14,18-19,21,23H,8,11-12H2,1-3H3/t14-,18+,19+/m1/s1. The Labute approximate surface area is 141 Å². The van der Waals surface area contributed by atoms with Crippen molar-refractivity contribution < 1.29 is 9.42 Å². The highest BCUT2D eigenvalue weighted by atomic mass is 31.1. The maximum absolute atomic E-state index is 9.31. The zero-order chi connectivity index (χ0) is 16.4. The van der Waals surface area contributed by atoms with Crippen LogP contribution >= 0.6 is 9.03 Å². The minimum absolute atomic E-state index is 0.0362. The Morgan fingerprint density at radius 3 is 2.57 bits per heavy atom. The van der Waals surface area contributed by atoms with Crippen LogP contribution in [-0.4, -0.2) is 11.0 Å². The molecule has 0 radical (unpaired) electrons. The van der Waals surface area contributed by atoms with Gasteiger partial charge in [-0.2, -0.15) is 0 Å². The highest BCUT2D eigenvalue weighted by Crippen LogP contribution is 2.45. The SMILES string of the molecule is C[C@@H]1CC[C@H](C(C)(C)c2ccc3ccccc3c2)[C@@H](OPO)C1. The van der Waals surface area contributed by atoms with Gasteiger partial charge >= 0.3 is 0 Å². The van der Waals surface area contributed by atoms with Gasteiger partial charge in [0.1, 0.15) is 0 Å². The predicted octanol–water partition coefficient (Wildman–Crippen LogP) is 5.44. The minimum atomic E-state index is -0.414. The van der Waals surface area contributed by atoms with Gasteiger partial charge in [-0.15, -0.1) is 0 Å². The zero-order valence-electron chi connectivity index (χ0n) is 14.3. The summed E-state index contributed by atoms with van der Waals surface area (Å²) in [5.41, 5.74) is 1.40. The molecule has 1 unspecified atom stereocenters. The molecule has 1 aliphatic rings. The Morgan fingerprint density at radius 2 is 1.83 bits per heavy atom. The van der Waals surface area contributed by atoms with E-state index in [0.29, 0.717) is 11.8 Å². The largest absolute Gasteiger partial charge is 0.352 e. The van der Waals surface area contributed by atoms with Gasteiger partial charge in [0.15, 0.2) is 9.03 Å². The molecule has 0 bridgehead atoms. The molecule has 0 spiro atoms. The van der Waals surface area contributed by atoms with Crippen molar-refractivity contribution in [2.24, 2.45) is 11.8 Å². The third kappa shape index (κ3) is 3.45. The van der Waals surface area contributed by atoms with Gasteiger partial charge in [0.2, 0.25) is 0 Å². The van der Waals surface area contributed by atoms with Crippen LogP contribution in [0.4, 0.5) is 0 Å². The van der Waals surface area contributed by atoms with Gasteiger partial charge in [-0.1, -0.05) is 69.7 Å². The van der Waals surface area contributed by atoms with E-state index >= 15 is 0 Å². The molecule has 1 fully saturated rings. The van der Waals surface area contributed by atoms with E-state index in [1.807, 2.05) is 0 Å². The summed E-state index contributed by atoms with van der Waals surface area (Å²) in [6.07, 6.45) is 3.62. The van der Waals surface area contributed by atoms with Gasteiger partial charge in [0, 0.05) is 0 Å². The average molecular weight is 330 g/mol. The van der Waals surface area contributed by atoms with Gasteiger partial charge in [-0.05, 0) is 46.4 Å². The van der Waals surface area contributed by atoms with Gasteiger partial charge in [0.05, 0.1) is 6.10 Å². The molecule has 0 aromatic heterocycles. The van der Waals surface area contributed by atoms with Crippen molar-refractivity contribution in [2.45, 2.75) is 51.6 Å². The van der Waals surface area contributed by atoms with Crippen LogP contribution in [-0.2, 0) is 9.94 Å². The number of rotatable bonds is 4. The van der Waals surface area contributed by atoms with E-state index in [0.717, 1.165) is 12.8 Å². The van der Waals surface area contributed by atoms with E-state index in [2.05, 4.69) is 63.2 Å². The molecular weight excluding hydrogens is 303 g/mol. The Hall–Kier alpha value is -0.950. The Kier molecular flexibility index (Phi) is 5.06. The van der Waals surface area contributed by atoms with Crippen molar-refractivity contribution in [3.05, 3.63) is 48.0 Å². The second kappa shape index (κ2) is 6.89. The van der Waals surface area contributed by atoms with Crippen molar-refractivity contribution in [1.82, 2.24) is 0 Å². The molecule has 0 aliphatic heterocycles. The molecular formula is C20H27O2P. The molecule has 0 amide bonds. The molecule has 4 atom stereocenters. The second-order valence-corrected chi connectivity index (χ2v) is 7.97. The fourth-order valence-electron chi connectivity index (χ4n) is 4.16. The third-order valence-corrected chi connectivity index (χ3v) is 6.09. The zero-order valence-corrected chi connectivity index (χ0v) is 15.3. The highest BCUT2D eigenvalue weighted by Gasteiger charge is 2.40. The average Bonchev–Trinajstić information content (AvgIpc) is 2.54. The molecule has 0 heterocycles. The normalized spacial score (nSPS) is 26.2. The monoisotopic (exact) mass is 330 g/mol. The first-order valence-electron chi connectivity index (χ1n) is 8.56. The van der Waals surface area contributed by atoms with Gasteiger partial charge in [-0.3, -0.25) is 0 Å². The van der Waals surface area contributed by atoms with Crippen molar-refractivity contribution in [2.75, 3.05) is 0 Å². The molecule has 124 valence electrons. The Bertz CT molecular complexity index is 667. The summed E-state index contributed by atoms with van der Waals surface area (Å²) in [7, 11) is -0.414. The molecule has 1 N–H and O–H groups in total. The lowest BCUT2D eigenvalue weighted by molar-refractivity contribution is 0.0382. The number of benzene rings is 2. The van der Waals surface area contributed by atoms with Crippen molar-refractivity contribution in [3.63, 3.8) is 0 Å². The van der Waals surface area contributed by atoms with Gasteiger partial charge in [0.25, 0.3) is 0 Å². The molecule has 2 aromatic rings. The van der Waals surface area contributed by atoms with E-state index in [1.165, 1.54) is 22.8 Å². The maximum Gasteiger partial charge on any atom is 0.152 e. The summed E-state index contributed by atoms with van der Waals surface area (Å²) < 4.78 is 5.74. The summed E-state index contributed by atoms with van der Waals surface area (Å²) >= 11 is 0. The van der Waals surface area contributed by atoms with Gasteiger partial charge < -0.3 is 9.42 Å². The first-order valence-corrected chi connectivity index (χ1v) is 9.42. The molecule has 3 heteroatoms. The number of fused-ring (bicyclic) bond motifs is 1. The number of hydrogen-bond acceptors (Lipinski definition) is 2. The lowest BCUT2D eigenvalue weighted by Gasteiger charge is -2.44. The van der Waals surface area contributed by atoms with Crippen molar-refractivity contribution in [3.8, 4) is 0 Å².